The third kappa shape index (κ3) is 2.46. The molecule has 0 fully saturated rings. The SMILES string of the molecule is CC[C@H](O)c1ccccc1-n1ccc(C(C)C)n1. The van der Waals surface area contributed by atoms with Crippen LogP contribution in [-0.4, -0.2) is 14.9 Å². The summed E-state index contributed by atoms with van der Waals surface area (Å²) in [6.45, 7) is 6.23. The van der Waals surface area contributed by atoms with Crippen molar-refractivity contribution in [3.05, 3.63) is 47.8 Å². The molecule has 18 heavy (non-hydrogen) atoms. The maximum absolute atomic E-state index is 10.0. The zero-order chi connectivity index (χ0) is 13.1. The van der Waals surface area contributed by atoms with Gasteiger partial charge >= 0.3 is 0 Å². The van der Waals surface area contributed by atoms with Crippen LogP contribution < -0.4 is 0 Å². The highest BCUT2D eigenvalue weighted by molar-refractivity contribution is 5.41. The number of nitrogens with zero attached hydrogens (tertiary/aromatic N) is 2. The molecule has 3 nitrogen and oxygen atoms in total. The normalized spacial score (nSPS) is 12.9. The third-order valence-corrected chi connectivity index (χ3v) is 3.13. The van der Waals surface area contributed by atoms with E-state index in [4.69, 9.17) is 0 Å². The zero-order valence-electron chi connectivity index (χ0n) is 11.2. The lowest BCUT2D eigenvalue weighted by molar-refractivity contribution is 0.173. The first-order valence-corrected chi connectivity index (χ1v) is 6.46. The fraction of sp³-hybridized carbons (Fsp3) is 0.400. The highest BCUT2D eigenvalue weighted by atomic mass is 16.3. The van der Waals surface area contributed by atoms with Crippen LogP contribution in [0.15, 0.2) is 36.5 Å². The monoisotopic (exact) mass is 244 g/mol. The molecule has 2 aromatic rings. The lowest BCUT2D eigenvalue weighted by Crippen LogP contribution is -2.05. The van der Waals surface area contributed by atoms with Gasteiger partial charge in [0.1, 0.15) is 0 Å². The van der Waals surface area contributed by atoms with E-state index in [0.29, 0.717) is 12.3 Å². The zero-order valence-corrected chi connectivity index (χ0v) is 11.2. The van der Waals surface area contributed by atoms with Crippen molar-refractivity contribution in [3.63, 3.8) is 0 Å². The lowest BCUT2D eigenvalue weighted by Gasteiger charge is -2.13. The second kappa shape index (κ2) is 5.36. The molecule has 1 heterocycles. The van der Waals surface area contributed by atoms with Gasteiger partial charge in [-0.05, 0) is 24.5 Å². The Hall–Kier alpha value is -1.61. The van der Waals surface area contributed by atoms with Gasteiger partial charge in [-0.2, -0.15) is 5.10 Å². The van der Waals surface area contributed by atoms with Gasteiger partial charge in [-0.1, -0.05) is 39.0 Å². The molecule has 0 aliphatic heterocycles. The number of aromatic nitrogens is 2. The molecule has 1 aromatic heterocycles. The molecular weight excluding hydrogens is 224 g/mol. The summed E-state index contributed by atoms with van der Waals surface area (Å²) in [5.41, 5.74) is 2.95. The van der Waals surface area contributed by atoms with Crippen molar-refractivity contribution in [2.75, 3.05) is 0 Å². The summed E-state index contributed by atoms with van der Waals surface area (Å²) in [5.74, 6) is 0.412. The van der Waals surface area contributed by atoms with E-state index < -0.39 is 6.10 Å². The topological polar surface area (TPSA) is 38.0 Å². The van der Waals surface area contributed by atoms with Crippen LogP contribution in [0, 0.1) is 0 Å². The predicted octanol–water partition coefficient (Wildman–Crippen LogP) is 3.44. The molecule has 0 saturated carbocycles. The maximum atomic E-state index is 10.0. The standard InChI is InChI=1S/C15H20N2O/c1-4-15(18)12-7-5-6-8-14(12)17-10-9-13(16-17)11(2)3/h5-11,15,18H,4H2,1-3H3/t15-/m0/s1. The third-order valence-electron chi connectivity index (χ3n) is 3.13. The molecule has 1 N–H and O–H groups in total. The fourth-order valence-electron chi connectivity index (χ4n) is 1.98. The maximum Gasteiger partial charge on any atom is 0.0808 e. The number of benzene rings is 1. The summed E-state index contributed by atoms with van der Waals surface area (Å²) < 4.78 is 1.85. The van der Waals surface area contributed by atoms with E-state index in [1.165, 1.54) is 0 Å². The highest BCUT2D eigenvalue weighted by Gasteiger charge is 2.12. The molecule has 0 saturated heterocycles. The molecule has 0 aliphatic rings. The second-order valence-electron chi connectivity index (χ2n) is 4.82. The van der Waals surface area contributed by atoms with Crippen LogP contribution in [0.25, 0.3) is 5.69 Å². The average molecular weight is 244 g/mol. The number of hydrogen-bond acceptors (Lipinski definition) is 2. The van der Waals surface area contributed by atoms with Gasteiger partial charge in [0, 0.05) is 11.8 Å². The van der Waals surface area contributed by atoms with E-state index in [1.54, 1.807) is 0 Å². The van der Waals surface area contributed by atoms with Gasteiger partial charge < -0.3 is 5.11 Å². The minimum absolute atomic E-state index is 0.412. The Morgan fingerprint density at radius 2 is 1.94 bits per heavy atom. The predicted molar refractivity (Wildman–Crippen MR) is 72.9 cm³/mol. The molecule has 1 aromatic carbocycles. The van der Waals surface area contributed by atoms with Crippen LogP contribution in [0.1, 0.15) is 50.5 Å². The number of rotatable bonds is 4. The second-order valence-corrected chi connectivity index (χ2v) is 4.82. The number of para-hydroxylation sites is 1. The molecule has 3 heteroatoms. The van der Waals surface area contributed by atoms with E-state index in [0.717, 1.165) is 16.9 Å². The molecule has 0 bridgehead atoms. The van der Waals surface area contributed by atoms with Crippen molar-refractivity contribution in [2.45, 2.75) is 39.2 Å². The number of aliphatic hydroxyl groups is 1. The molecule has 1 atom stereocenters. The van der Waals surface area contributed by atoms with Crippen molar-refractivity contribution < 1.29 is 5.11 Å². The van der Waals surface area contributed by atoms with Crippen LogP contribution in [0.2, 0.25) is 0 Å². The van der Waals surface area contributed by atoms with Gasteiger partial charge in [0.2, 0.25) is 0 Å². The number of hydrogen-bond donors (Lipinski definition) is 1. The van der Waals surface area contributed by atoms with Crippen molar-refractivity contribution in [3.8, 4) is 5.69 Å². The summed E-state index contributed by atoms with van der Waals surface area (Å²) in [7, 11) is 0. The van der Waals surface area contributed by atoms with E-state index in [-0.39, 0.29) is 0 Å². The Bertz CT molecular complexity index is 517. The van der Waals surface area contributed by atoms with Crippen LogP contribution in [0.4, 0.5) is 0 Å². The summed E-state index contributed by atoms with van der Waals surface area (Å²) >= 11 is 0. The van der Waals surface area contributed by atoms with Gasteiger partial charge in [-0.15, -0.1) is 0 Å². The molecule has 0 amide bonds. The quantitative estimate of drug-likeness (QED) is 0.894. The first-order valence-electron chi connectivity index (χ1n) is 6.46. The molecular formula is C15H20N2O. The Morgan fingerprint density at radius 3 is 2.56 bits per heavy atom. The minimum atomic E-state index is -0.437. The van der Waals surface area contributed by atoms with Gasteiger partial charge in [-0.3, -0.25) is 0 Å². The Labute approximate surface area is 108 Å². The van der Waals surface area contributed by atoms with Crippen LogP contribution in [0.3, 0.4) is 0 Å². The minimum Gasteiger partial charge on any atom is -0.388 e. The molecule has 2 rings (SSSR count). The lowest BCUT2D eigenvalue weighted by atomic mass is 10.1. The molecule has 0 spiro atoms. The summed E-state index contributed by atoms with van der Waals surface area (Å²) in [6.07, 6.45) is 2.22. The molecule has 0 unspecified atom stereocenters. The van der Waals surface area contributed by atoms with Crippen LogP contribution >= 0.6 is 0 Å². The Kier molecular flexibility index (Phi) is 3.82. The van der Waals surface area contributed by atoms with E-state index in [9.17, 15) is 5.11 Å². The first kappa shape index (κ1) is 12.8. The van der Waals surface area contributed by atoms with Crippen molar-refractivity contribution in [1.29, 1.82) is 0 Å². The first-order chi connectivity index (χ1) is 8.63. The Morgan fingerprint density at radius 1 is 1.22 bits per heavy atom. The molecule has 0 aliphatic carbocycles. The average Bonchev–Trinajstić information content (AvgIpc) is 2.87. The van der Waals surface area contributed by atoms with E-state index >= 15 is 0 Å². The van der Waals surface area contributed by atoms with Crippen LogP contribution in [0.5, 0.6) is 0 Å². The summed E-state index contributed by atoms with van der Waals surface area (Å²) in [5, 5.41) is 14.6. The molecule has 0 radical (unpaired) electrons. The van der Waals surface area contributed by atoms with Crippen molar-refractivity contribution >= 4 is 0 Å². The van der Waals surface area contributed by atoms with Gasteiger partial charge in [0.05, 0.1) is 17.5 Å². The van der Waals surface area contributed by atoms with E-state index in [1.807, 2.05) is 48.1 Å². The van der Waals surface area contributed by atoms with Gasteiger partial charge in [-0.25, -0.2) is 4.68 Å². The van der Waals surface area contributed by atoms with Gasteiger partial charge in [0.15, 0.2) is 0 Å². The highest BCUT2D eigenvalue weighted by Crippen LogP contribution is 2.24. The molecule has 96 valence electrons. The largest absolute Gasteiger partial charge is 0.388 e. The smallest absolute Gasteiger partial charge is 0.0808 e. The van der Waals surface area contributed by atoms with Crippen molar-refractivity contribution in [2.24, 2.45) is 0 Å². The fourth-order valence-corrected chi connectivity index (χ4v) is 1.98. The summed E-state index contributed by atoms with van der Waals surface area (Å²) in [6, 6.07) is 9.90. The van der Waals surface area contributed by atoms with Crippen molar-refractivity contribution in [1.82, 2.24) is 9.78 Å². The number of aliphatic hydroxyl groups excluding tert-OH is 1. The Balaban J connectivity index is 2.43. The van der Waals surface area contributed by atoms with Gasteiger partial charge in [0.25, 0.3) is 0 Å². The van der Waals surface area contributed by atoms with E-state index in [2.05, 4.69) is 18.9 Å². The van der Waals surface area contributed by atoms with Crippen LogP contribution in [-0.2, 0) is 0 Å². The summed E-state index contributed by atoms with van der Waals surface area (Å²) in [4.78, 5) is 0.